The Balaban J connectivity index is 1.71. The molecule has 146 valence electrons. The molecular formula is C19H21N5O3S. The second-order valence-corrected chi connectivity index (χ2v) is 8.36. The van der Waals surface area contributed by atoms with Crippen LogP contribution in [0.4, 0.5) is 11.5 Å². The molecule has 8 nitrogen and oxygen atoms in total. The van der Waals surface area contributed by atoms with E-state index in [2.05, 4.69) is 9.88 Å². The van der Waals surface area contributed by atoms with E-state index in [4.69, 9.17) is 0 Å². The van der Waals surface area contributed by atoms with Crippen molar-refractivity contribution in [3.8, 4) is 6.07 Å². The summed E-state index contributed by atoms with van der Waals surface area (Å²) in [5.74, 6) is 0.564. The van der Waals surface area contributed by atoms with Crippen LogP contribution in [0.3, 0.4) is 0 Å². The molecular weight excluding hydrogens is 378 g/mol. The molecule has 1 amide bonds. The number of sulfonamides is 1. The standard InChI is InChI=1S/C19H21N5O3S/c1-28(26,27)24(17-7-3-2-6-16(17)14-20)15-19(25)23-12-10-22(11-13-23)18-8-4-5-9-21-18/h2-9H,10-13,15H2,1H3. The molecule has 28 heavy (non-hydrogen) atoms. The fraction of sp³-hybridized carbons (Fsp3) is 0.316. The molecule has 2 heterocycles. The van der Waals surface area contributed by atoms with Gasteiger partial charge in [-0.1, -0.05) is 18.2 Å². The summed E-state index contributed by atoms with van der Waals surface area (Å²) >= 11 is 0. The Morgan fingerprint density at radius 3 is 2.43 bits per heavy atom. The molecule has 1 aliphatic heterocycles. The van der Waals surface area contributed by atoms with Crippen molar-refractivity contribution in [2.75, 3.05) is 48.2 Å². The van der Waals surface area contributed by atoms with E-state index in [1.807, 2.05) is 24.3 Å². The van der Waals surface area contributed by atoms with Crippen LogP contribution in [-0.2, 0) is 14.8 Å². The van der Waals surface area contributed by atoms with Crippen LogP contribution in [0, 0.1) is 11.3 Å². The Hall–Kier alpha value is -3.12. The number of pyridine rings is 1. The Morgan fingerprint density at radius 2 is 1.82 bits per heavy atom. The van der Waals surface area contributed by atoms with Crippen LogP contribution in [0.25, 0.3) is 0 Å². The lowest BCUT2D eigenvalue weighted by atomic mass is 10.2. The Bertz CT molecular complexity index is 980. The van der Waals surface area contributed by atoms with Crippen molar-refractivity contribution < 1.29 is 13.2 Å². The van der Waals surface area contributed by atoms with Crippen molar-refractivity contribution in [2.45, 2.75) is 0 Å². The molecule has 3 rings (SSSR count). The highest BCUT2D eigenvalue weighted by Crippen LogP contribution is 2.22. The molecule has 0 unspecified atom stereocenters. The molecule has 0 atom stereocenters. The number of para-hydroxylation sites is 1. The van der Waals surface area contributed by atoms with E-state index in [0.29, 0.717) is 26.2 Å². The van der Waals surface area contributed by atoms with Gasteiger partial charge in [0.2, 0.25) is 15.9 Å². The first kappa shape index (κ1) is 19.6. The second-order valence-electron chi connectivity index (χ2n) is 6.45. The maximum absolute atomic E-state index is 12.8. The molecule has 1 aliphatic rings. The molecule has 1 aromatic heterocycles. The van der Waals surface area contributed by atoms with Crippen molar-refractivity contribution in [1.82, 2.24) is 9.88 Å². The average Bonchev–Trinajstić information content (AvgIpc) is 2.72. The summed E-state index contributed by atoms with van der Waals surface area (Å²) < 4.78 is 25.6. The minimum atomic E-state index is -3.72. The lowest BCUT2D eigenvalue weighted by Crippen LogP contribution is -2.52. The number of nitriles is 1. The van der Waals surface area contributed by atoms with Gasteiger partial charge in [-0.15, -0.1) is 0 Å². The minimum Gasteiger partial charge on any atom is -0.353 e. The van der Waals surface area contributed by atoms with Gasteiger partial charge in [0.1, 0.15) is 18.4 Å². The van der Waals surface area contributed by atoms with Gasteiger partial charge < -0.3 is 9.80 Å². The number of anilines is 2. The molecule has 0 saturated carbocycles. The van der Waals surface area contributed by atoms with Gasteiger partial charge in [0, 0.05) is 32.4 Å². The fourth-order valence-corrected chi connectivity index (χ4v) is 3.98. The molecule has 9 heteroatoms. The first-order valence-electron chi connectivity index (χ1n) is 8.81. The minimum absolute atomic E-state index is 0.209. The van der Waals surface area contributed by atoms with E-state index in [0.717, 1.165) is 16.4 Å². The maximum atomic E-state index is 12.8. The van der Waals surface area contributed by atoms with Gasteiger partial charge in [0.15, 0.2) is 0 Å². The molecule has 1 fully saturated rings. The number of amides is 1. The second kappa shape index (κ2) is 8.27. The summed E-state index contributed by atoms with van der Waals surface area (Å²) in [6.45, 7) is 1.87. The predicted molar refractivity (Wildman–Crippen MR) is 106 cm³/mol. The summed E-state index contributed by atoms with van der Waals surface area (Å²) in [6, 6.07) is 14.0. The number of carbonyl (C=O) groups excluding carboxylic acids is 1. The van der Waals surface area contributed by atoms with Crippen molar-refractivity contribution in [3.63, 3.8) is 0 Å². The SMILES string of the molecule is CS(=O)(=O)N(CC(=O)N1CCN(c2ccccn2)CC1)c1ccccc1C#N. The van der Waals surface area contributed by atoms with Crippen molar-refractivity contribution in [3.05, 3.63) is 54.2 Å². The summed E-state index contributed by atoms with van der Waals surface area (Å²) in [5.41, 5.74) is 0.425. The molecule has 0 aliphatic carbocycles. The van der Waals surface area contributed by atoms with E-state index >= 15 is 0 Å². The van der Waals surface area contributed by atoms with E-state index in [-0.39, 0.29) is 23.7 Å². The Morgan fingerprint density at radius 1 is 1.14 bits per heavy atom. The summed E-state index contributed by atoms with van der Waals surface area (Å²) in [6.07, 6.45) is 2.76. The monoisotopic (exact) mass is 399 g/mol. The van der Waals surface area contributed by atoms with Crippen LogP contribution in [0.5, 0.6) is 0 Å². The zero-order valence-electron chi connectivity index (χ0n) is 15.5. The molecule has 0 bridgehead atoms. The van der Waals surface area contributed by atoms with E-state index < -0.39 is 10.0 Å². The Labute approximate surface area is 164 Å². The molecule has 0 radical (unpaired) electrons. The number of hydrogen-bond donors (Lipinski definition) is 0. The quantitative estimate of drug-likeness (QED) is 0.746. The highest BCUT2D eigenvalue weighted by molar-refractivity contribution is 7.92. The number of rotatable bonds is 5. The largest absolute Gasteiger partial charge is 0.353 e. The molecule has 2 aromatic rings. The van der Waals surface area contributed by atoms with Gasteiger partial charge in [0.05, 0.1) is 17.5 Å². The molecule has 0 N–H and O–H groups in total. The fourth-order valence-electron chi connectivity index (χ4n) is 3.12. The average molecular weight is 399 g/mol. The zero-order valence-corrected chi connectivity index (χ0v) is 16.3. The van der Waals surface area contributed by atoms with E-state index in [1.54, 1.807) is 23.2 Å². The number of nitrogens with zero attached hydrogens (tertiary/aromatic N) is 5. The maximum Gasteiger partial charge on any atom is 0.243 e. The van der Waals surface area contributed by atoms with E-state index in [9.17, 15) is 18.5 Å². The number of piperazine rings is 1. The highest BCUT2D eigenvalue weighted by Gasteiger charge is 2.28. The van der Waals surface area contributed by atoms with Gasteiger partial charge in [-0.2, -0.15) is 5.26 Å². The normalized spacial score (nSPS) is 14.4. The van der Waals surface area contributed by atoms with Crippen LogP contribution >= 0.6 is 0 Å². The lowest BCUT2D eigenvalue weighted by molar-refractivity contribution is -0.129. The van der Waals surface area contributed by atoms with Crippen molar-refractivity contribution >= 4 is 27.4 Å². The third kappa shape index (κ3) is 4.40. The van der Waals surface area contributed by atoms with Crippen molar-refractivity contribution in [2.24, 2.45) is 0 Å². The zero-order chi connectivity index (χ0) is 20.1. The molecule has 1 saturated heterocycles. The lowest BCUT2D eigenvalue weighted by Gasteiger charge is -2.36. The van der Waals surface area contributed by atoms with Crippen LogP contribution in [0.15, 0.2) is 48.7 Å². The number of hydrogen-bond acceptors (Lipinski definition) is 6. The molecule has 1 aromatic carbocycles. The van der Waals surface area contributed by atoms with Gasteiger partial charge in [-0.05, 0) is 24.3 Å². The third-order valence-electron chi connectivity index (χ3n) is 4.58. The van der Waals surface area contributed by atoms with Crippen molar-refractivity contribution in [1.29, 1.82) is 5.26 Å². The Kier molecular flexibility index (Phi) is 5.80. The summed E-state index contributed by atoms with van der Waals surface area (Å²) in [4.78, 5) is 20.8. The van der Waals surface area contributed by atoms with Crippen LogP contribution in [0.1, 0.15) is 5.56 Å². The summed E-state index contributed by atoms with van der Waals surface area (Å²) in [5, 5.41) is 9.28. The van der Waals surface area contributed by atoms with Crippen LogP contribution < -0.4 is 9.21 Å². The van der Waals surface area contributed by atoms with Gasteiger partial charge >= 0.3 is 0 Å². The van der Waals surface area contributed by atoms with Gasteiger partial charge in [0.25, 0.3) is 0 Å². The topological polar surface area (TPSA) is 97.6 Å². The number of aromatic nitrogens is 1. The smallest absolute Gasteiger partial charge is 0.243 e. The highest BCUT2D eigenvalue weighted by atomic mass is 32.2. The predicted octanol–water partition coefficient (Wildman–Crippen LogP) is 1.07. The van der Waals surface area contributed by atoms with Crippen LogP contribution in [-0.4, -0.2) is 63.2 Å². The molecule has 0 spiro atoms. The van der Waals surface area contributed by atoms with Gasteiger partial charge in [-0.3, -0.25) is 9.10 Å². The van der Waals surface area contributed by atoms with Crippen LogP contribution in [0.2, 0.25) is 0 Å². The number of benzene rings is 1. The number of carbonyl (C=O) groups is 1. The van der Waals surface area contributed by atoms with E-state index in [1.165, 1.54) is 12.1 Å². The third-order valence-corrected chi connectivity index (χ3v) is 5.70. The summed E-state index contributed by atoms with van der Waals surface area (Å²) in [7, 11) is -3.72. The first-order valence-corrected chi connectivity index (χ1v) is 10.7. The first-order chi connectivity index (χ1) is 13.4. The van der Waals surface area contributed by atoms with Gasteiger partial charge in [-0.25, -0.2) is 13.4 Å².